The summed E-state index contributed by atoms with van der Waals surface area (Å²) < 4.78 is 1.60. The fourth-order valence-corrected chi connectivity index (χ4v) is 4.45. The van der Waals surface area contributed by atoms with Crippen LogP contribution in [-0.4, -0.2) is 38.8 Å². The summed E-state index contributed by atoms with van der Waals surface area (Å²) in [7, 11) is 0. The number of aromatic nitrogens is 3. The number of rotatable bonds is 6. The molecule has 1 amide bonds. The van der Waals surface area contributed by atoms with Crippen molar-refractivity contribution in [2.24, 2.45) is 17.3 Å². The van der Waals surface area contributed by atoms with Crippen molar-refractivity contribution in [2.45, 2.75) is 39.5 Å². The van der Waals surface area contributed by atoms with Crippen molar-refractivity contribution in [3.8, 4) is 0 Å². The van der Waals surface area contributed by atoms with Gasteiger partial charge in [0.15, 0.2) is 11.3 Å². The van der Waals surface area contributed by atoms with Crippen molar-refractivity contribution in [1.82, 2.24) is 19.9 Å². The first-order chi connectivity index (χ1) is 12.5. The van der Waals surface area contributed by atoms with E-state index in [1.807, 2.05) is 0 Å². The summed E-state index contributed by atoms with van der Waals surface area (Å²) >= 11 is 0. The van der Waals surface area contributed by atoms with Crippen molar-refractivity contribution in [3.63, 3.8) is 0 Å². The van der Waals surface area contributed by atoms with Crippen LogP contribution in [0.4, 0.5) is 0 Å². The lowest BCUT2D eigenvalue weighted by atomic mass is 9.48. The van der Waals surface area contributed by atoms with Gasteiger partial charge in [-0.25, -0.2) is 9.50 Å². The normalized spacial score (nSPS) is 23.4. The van der Waals surface area contributed by atoms with Crippen LogP contribution < -0.4 is 5.32 Å². The van der Waals surface area contributed by atoms with Crippen molar-refractivity contribution in [3.05, 3.63) is 41.4 Å². The maximum Gasteiger partial charge on any atom is 0.271 e. The van der Waals surface area contributed by atoms with Crippen LogP contribution in [-0.2, 0) is 6.42 Å². The third-order valence-electron chi connectivity index (χ3n) is 6.28. The van der Waals surface area contributed by atoms with E-state index in [-0.39, 0.29) is 12.5 Å². The van der Waals surface area contributed by atoms with Crippen LogP contribution in [0.2, 0.25) is 0 Å². The van der Waals surface area contributed by atoms with E-state index in [1.165, 1.54) is 18.4 Å². The van der Waals surface area contributed by atoms with Gasteiger partial charge in [-0.1, -0.05) is 25.5 Å². The molecule has 2 aromatic rings. The van der Waals surface area contributed by atoms with E-state index in [2.05, 4.69) is 35.3 Å². The third-order valence-corrected chi connectivity index (χ3v) is 6.28. The first-order valence-electron chi connectivity index (χ1n) is 9.41. The molecule has 6 nitrogen and oxygen atoms in total. The summed E-state index contributed by atoms with van der Waals surface area (Å²) in [6.07, 6.45) is 9.82. The second-order valence-electron chi connectivity index (χ2n) is 8.10. The Hall–Kier alpha value is -2.21. The number of carbonyl (C=O) groups excluding carboxylic acids is 1. The lowest BCUT2D eigenvalue weighted by molar-refractivity contribution is -0.00811. The summed E-state index contributed by atoms with van der Waals surface area (Å²) in [4.78, 5) is 16.7. The molecule has 0 saturated heterocycles. The van der Waals surface area contributed by atoms with E-state index in [4.69, 9.17) is 5.11 Å². The standard InChI is InChI=1S/C20H26N4O2/c1-20(2)15-4-3-14(16(20)9-15)5-7-21-19(26)17-10-18-22-11-13(6-8-25)12-24(18)23-17/h3,10-12,15-16,25H,4-9H2,1-2H3,(H,21,26)/t15-,16-/m0/s1. The minimum absolute atomic E-state index is 0.0657. The lowest BCUT2D eigenvalue weighted by Gasteiger charge is -2.56. The molecule has 1 saturated carbocycles. The smallest absolute Gasteiger partial charge is 0.271 e. The van der Waals surface area contributed by atoms with Gasteiger partial charge in [0.05, 0.1) is 0 Å². The van der Waals surface area contributed by atoms with Crippen LogP contribution in [0.3, 0.4) is 0 Å². The molecule has 3 aliphatic carbocycles. The molecule has 2 heterocycles. The predicted octanol–water partition coefficient (Wildman–Crippen LogP) is 2.38. The molecule has 2 N–H and O–H groups in total. The van der Waals surface area contributed by atoms with Crippen molar-refractivity contribution in [2.75, 3.05) is 13.2 Å². The SMILES string of the molecule is CC1(C)[C@H]2CC=C(CCNC(=O)c3cc4ncc(CCO)cn4n3)[C@@H]1C2. The van der Waals surface area contributed by atoms with Gasteiger partial charge in [-0.05, 0) is 48.5 Å². The maximum absolute atomic E-state index is 12.4. The summed E-state index contributed by atoms with van der Waals surface area (Å²) in [5, 5.41) is 16.3. The second kappa shape index (κ2) is 6.50. The Labute approximate surface area is 153 Å². The summed E-state index contributed by atoms with van der Waals surface area (Å²) in [6.45, 7) is 5.44. The lowest BCUT2D eigenvalue weighted by Crippen LogP contribution is -2.48. The number of nitrogens with one attached hydrogen (secondary N) is 1. The zero-order valence-corrected chi connectivity index (χ0v) is 15.4. The highest BCUT2D eigenvalue weighted by atomic mass is 16.3. The van der Waals surface area contributed by atoms with E-state index in [1.54, 1.807) is 23.0 Å². The highest BCUT2D eigenvalue weighted by Gasteiger charge is 2.50. The minimum atomic E-state index is -0.165. The van der Waals surface area contributed by atoms with E-state index in [0.717, 1.165) is 17.9 Å². The average molecular weight is 354 g/mol. The van der Waals surface area contributed by atoms with Gasteiger partial charge in [0.1, 0.15) is 0 Å². The molecule has 5 rings (SSSR count). The van der Waals surface area contributed by atoms with Crippen LogP contribution in [0.5, 0.6) is 0 Å². The third kappa shape index (κ3) is 2.92. The first kappa shape index (κ1) is 17.2. The highest BCUT2D eigenvalue weighted by Crippen LogP contribution is 2.59. The van der Waals surface area contributed by atoms with Crippen LogP contribution >= 0.6 is 0 Å². The molecule has 2 aromatic heterocycles. The zero-order valence-electron chi connectivity index (χ0n) is 15.4. The van der Waals surface area contributed by atoms with Crippen LogP contribution in [0.1, 0.15) is 49.2 Å². The Morgan fingerprint density at radius 3 is 3.00 bits per heavy atom. The van der Waals surface area contributed by atoms with Crippen molar-refractivity contribution >= 4 is 11.6 Å². The van der Waals surface area contributed by atoms with Crippen LogP contribution in [0, 0.1) is 17.3 Å². The highest BCUT2D eigenvalue weighted by molar-refractivity contribution is 5.93. The minimum Gasteiger partial charge on any atom is -0.396 e. The Bertz CT molecular complexity index is 868. The topological polar surface area (TPSA) is 79.5 Å². The van der Waals surface area contributed by atoms with Gasteiger partial charge in [0, 0.05) is 31.6 Å². The molecule has 3 aliphatic rings. The number of aliphatic hydroxyl groups is 1. The maximum atomic E-state index is 12.4. The summed E-state index contributed by atoms with van der Waals surface area (Å²) in [5.41, 5.74) is 3.83. The molecule has 0 radical (unpaired) electrons. The number of nitrogens with zero attached hydrogens (tertiary/aromatic N) is 3. The summed E-state index contributed by atoms with van der Waals surface area (Å²) in [5.74, 6) is 1.36. The second-order valence-corrected chi connectivity index (χ2v) is 8.10. The molecule has 2 bridgehead atoms. The van der Waals surface area contributed by atoms with Gasteiger partial charge in [-0.3, -0.25) is 4.79 Å². The number of aliphatic hydroxyl groups excluding tert-OH is 1. The molecule has 1 fully saturated rings. The zero-order chi connectivity index (χ0) is 18.3. The van der Waals surface area contributed by atoms with Crippen LogP contribution in [0.15, 0.2) is 30.1 Å². The number of fused-ring (bicyclic) bond motifs is 2. The number of hydrogen-bond acceptors (Lipinski definition) is 4. The summed E-state index contributed by atoms with van der Waals surface area (Å²) in [6, 6.07) is 1.69. The fraction of sp³-hybridized carbons (Fsp3) is 0.550. The molecule has 138 valence electrons. The fourth-order valence-electron chi connectivity index (χ4n) is 4.45. The van der Waals surface area contributed by atoms with E-state index in [9.17, 15) is 4.79 Å². The molecule has 26 heavy (non-hydrogen) atoms. The number of amides is 1. The first-order valence-corrected chi connectivity index (χ1v) is 9.41. The average Bonchev–Trinajstić information content (AvgIpc) is 3.05. The van der Waals surface area contributed by atoms with E-state index < -0.39 is 0 Å². The Kier molecular flexibility index (Phi) is 4.31. The van der Waals surface area contributed by atoms with E-state index >= 15 is 0 Å². The molecular weight excluding hydrogens is 328 g/mol. The van der Waals surface area contributed by atoms with E-state index in [0.29, 0.717) is 35.6 Å². The van der Waals surface area contributed by atoms with Gasteiger partial charge in [0.2, 0.25) is 0 Å². The molecule has 2 atom stereocenters. The molecule has 0 aliphatic heterocycles. The Morgan fingerprint density at radius 2 is 2.27 bits per heavy atom. The predicted molar refractivity (Wildman–Crippen MR) is 98.8 cm³/mol. The molecule has 0 unspecified atom stereocenters. The van der Waals surface area contributed by atoms with Gasteiger partial charge in [0.25, 0.3) is 5.91 Å². The Morgan fingerprint density at radius 1 is 1.42 bits per heavy atom. The van der Waals surface area contributed by atoms with Gasteiger partial charge in [-0.15, -0.1) is 0 Å². The van der Waals surface area contributed by atoms with Crippen LogP contribution in [0.25, 0.3) is 5.65 Å². The van der Waals surface area contributed by atoms with Gasteiger partial charge in [-0.2, -0.15) is 5.10 Å². The number of allylic oxidation sites excluding steroid dienone is 1. The van der Waals surface area contributed by atoms with Gasteiger partial charge >= 0.3 is 0 Å². The largest absolute Gasteiger partial charge is 0.396 e. The Balaban J connectivity index is 1.36. The quantitative estimate of drug-likeness (QED) is 0.781. The molecule has 6 heteroatoms. The molecule has 0 aromatic carbocycles. The van der Waals surface area contributed by atoms with Crippen molar-refractivity contribution < 1.29 is 9.90 Å². The van der Waals surface area contributed by atoms with Gasteiger partial charge < -0.3 is 10.4 Å². The molecular formula is C20H26N4O2. The number of hydrogen-bond donors (Lipinski definition) is 2. The van der Waals surface area contributed by atoms with Crippen molar-refractivity contribution in [1.29, 1.82) is 0 Å². The molecule has 0 spiro atoms. The monoisotopic (exact) mass is 354 g/mol. The number of carbonyl (C=O) groups is 1.